The van der Waals surface area contributed by atoms with E-state index in [4.69, 9.17) is 9.47 Å². The minimum absolute atomic E-state index is 0.0769. The molecule has 0 atom stereocenters. The lowest BCUT2D eigenvalue weighted by Gasteiger charge is -2.31. The highest BCUT2D eigenvalue weighted by Gasteiger charge is 2.77. The monoisotopic (exact) mass is 544 g/mol. The Morgan fingerprint density at radius 1 is 0.436 bits per heavy atom. The smallest absolute Gasteiger partial charge is 0.387 e. The lowest BCUT2D eigenvalue weighted by molar-refractivity contribution is -0.267. The second-order valence-corrected chi connectivity index (χ2v) is 8.26. The van der Waals surface area contributed by atoms with E-state index in [1.807, 2.05) is 0 Å². The van der Waals surface area contributed by atoms with Gasteiger partial charge in [0.2, 0.25) is 11.6 Å². The van der Waals surface area contributed by atoms with Gasteiger partial charge in [-0.2, -0.15) is 26.3 Å². The third-order valence-corrected chi connectivity index (χ3v) is 5.55. The summed E-state index contributed by atoms with van der Waals surface area (Å²) in [5, 5.41) is 0. The number of Topliss-reactive ketones (excluding diaryl/α,β-unsaturated/α-hetero) is 2. The number of carbonyl (C=O) groups is 2. The maximum atomic E-state index is 14.6. The fraction of sp³-hybridized carbons (Fsp3) is 0.103. The minimum Gasteiger partial charge on any atom is -0.457 e. The van der Waals surface area contributed by atoms with E-state index in [1.54, 1.807) is 60.7 Å². The van der Waals surface area contributed by atoms with Crippen LogP contribution in [0.2, 0.25) is 0 Å². The molecule has 4 aromatic carbocycles. The third-order valence-electron chi connectivity index (χ3n) is 5.55. The molecule has 0 unspecified atom stereocenters. The summed E-state index contributed by atoms with van der Waals surface area (Å²) in [7, 11) is 0. The van der Waals surface area contributed by atoms with Gasteiger partial charge in [-0.25, -0.2) is 0 Å². The SMILES string of the molecule is O=C(c1ccc(Oc2ccccc2)cc1)C(F)(F)C(F)(F)C(F)(F)C(=O)c1ccc(Oc2ccccc2)cc1. The zero-order valence-corrected chi connectivity index (χ0v) is 19.8. The predicted molar refractivity (Wildman–Crippen MR) is 129 cm³/mol. The van der Waals surface area contributed by atoms with Crippen molar-refractivity contribution < 1.29 is 45.4 Å². The predicted octanol–water partition coefficient (Wildman–Crippen LogP) is 8.24. The summed E-state index contributed by atoms with van der Waals surface area (Å²) in [6, 6.07) is 23.5. The van der Waals surface area contributed by atoms with Crippen LogP contribution in [0.15, 0.2) is 109 Å². The molecule has 4 nitrogen and oxygen atoms in total. The molecular formula is C29H18F6O4. The summed E-state index contributed by atoms with van der Waals surface area (Å²) in [6.45, 7) is 0. The molecule has 4 aromatic rings. The number of halogens is 6. The van der Waals surface area contributed by atoms with Crippen LogP contribution >= 0.6 is 0 Å². The van der Waals surface area contributed by atoms with Gasteiger partial charge in [0.25, 0.3) is 0 Å². The molecule has 0 heterocycles. The normalized spacial score (nSPS) is 12.1. The van der Waals surface area contributed by atoms with Crippen molar-refractivity contribution in [2.24, 2.45) is 0 Å². The van der Waals surface area contributed by atoms with Gasteiger partial charge in [0.05, 0.1) is 0 Å². The molecule has 0 N–H and O–H groups in total. The summed E-state index contributed by atoms with van der Waals surface area (Å²) in [5.74, 6) is -22.5. The molecule has 4 rings (SSSR count). The molecule has 0 radical (unpaired) electrons. The van der Waals surface area contributed by atoms with E-state index in [0.29, 0.717) is 11.5 Å². The molecule has 0 bridgehead atoms. The van der Waals surface area contributed by atoms with Crippen LogP contribution in [-0.4, -0.2) is 29.3 Å². The molecule has 0 amide bonds. The highest BCUT2D eigenvalue weighted by atomic mass is 19.3. The first-order valence-corrected chi connectivity index (χ1v) is 11.3. The van der Waals surface area contributed by atoms with Crippen LogP contribution in [0.3, 0.4) is 0 Å². The lowest BCUT2D eigenvalue weighted by atomic mass is 9.91. The number of alkyl halides is 6. The Kier molecular flexibility index (Phi) is 7.49. The van der Waals surface area contributed by atoms with Gasteiger partial charge in [-0.1, -0.05) is 36.4 Å². The van der Waals surface area contributed by atoms with Gasteiger partial charge < -0.3 is 9.47 Å². The Morgan fingerprint density at radius 3 is 1.03 bits per heavy atom. The van der Waals surface area contributed by atoms with Gasteiger partial charge in [-0.05, 0) is 72.8 Å². The van der Waals surface area contributed by atoms with Crippen LogP contribution in [0.4, 0.5) is 26.3 Å². The standard InChI is InChI=1S/C29H18F6O4/c30-27(31,25(36)19-11-15-23(16-12-19)38-21-7-3-1-4-8-21)29(34,35)28(32,33)26(37)20-13-17-24(18-14-20)39-22-9-5-2-6-10-22/h1-18H. The average molecular weight is 544 g/mol. The zero-order chi connectivity index (χ0) is 28.3. The Morgan fingerprint density at radius 2 is 0.718 bits per heavy atom. The highest BCUT2D eigenvalue weighted by molar-refractivity contribution is 6.06. The molecule has 39 heavy (non-hydrogen) atoms. The van der Waals surface area contributed by atoms with Crippen molar-refractivity contribution in [3.05, 3.63) is 120 Å². The van der Waals surface area contributed by atoms with Crippen molar-refractivity contribution in [2.75, 3.05) is 0 Å². The van der Waals surface area contributed by atoms with E-state index in [9.17, 15) is 35.9 Å². The molecule has 0 aromatic heterocycles. The maximum absolute atomic E-state index is 14.6. The van der Waals surface area contributed by atoms with Gasteiger partial charge in [0.1, 0.15) is 23.0 Å². The summed E-state index contributed by atoms with van der Waals surface area (Å²) in [6.07, 6.45) is 0. The minimum atomic E-state index is -6.35. The van der Waals surface area contributed by atoms with Crippen LogP contribution < -0.4 is 9.47 Å². The van der Waals surface area contributed by atoms with Gasteiger partial charge in [-0.3, -0.25) is 9.59 Å². The van der Waals surface area contributed by atoms with Gasteiger partial charge in [-0.15, -0.1) is 0 Å². The Labute approximate surface area is 218 Å². The molecular weight excluding hydrogens is 526 g/mol. The molecule has 0 aliphatic heterocycles. The molecule has 0 fully saturated rings. The van der Waals surface area contributed by atoms with Crippen LogP contribution in [0.5, 0.6) is 23.0 Å². The first-order valence-electron chi connectivity index (χ1n) is 11.3. The largest absolute Gasteiger partial charge is 0.457 e. The average Bonchev–Trinajstić information content (AvgIpc) is 2.94. The highest BCUT2D eigenvalue weighted by Crippen LogP contribution is 2.48. The van der Waals surface area contributed by atoms with Gasteiger partial charge in [0.15, 0.2) is 0 Å². The Hall–Kier alpha value is -4.60. The van der Waals surface area contributed by atoms with E-state index in [-0.39, 0.29) is 11.5 Å². The lowest BCUT2D eigenvalue weighted by Crippen LogP contribution is -2.60. The van der Waals surface area contributed by atoms with E-state index in [2.05, 4.69) is 0 Å². The van der Waals surface area contributed by atoms with Crippen LogP contribution in [-0.2, 0) is 0 Å². The molecule has 0 aliphatic rings. The Balaban J connectivity index is 1.51. The van der Waals surface area contributed by atoms with Crippen molar-refractivity contribution in [1.29, 1.82) is 0 Å². The fourth-order valence-corrected chi connectivity index (χ4v) is 3.44. The number of carbonyl (C=O) groups excluding carboxylic acids is 2. The number of hydrogen-bond donors (Lipinski definition) is 0. The van der Waals surface area contributed by atoms with Crippen molar-refractivity contribution in [3.8, 4) is 23.0 Å². The van der Waals surface area contributed by atoms with E-state index >= 15 is 0 Å². The van der Waals surface area contributed by atoms with Crippen molar-refractivity contribution in [2.45, 2.75) is 17.8 Å². The molecule has 0 spiro atoms. The third kappa shape index (κ3) is 5.50. The first-order chi connectivity index (χ1) is 18.4. The number of rotatable bonds is 10. The van der Waals surface area contributed by atoms with E-state index in [0.717, 1.165) is 48.5 Å². The van der Waals surface area contributed by atoms with Crippen LogP contribution in [0, 0.1) is 0 Å². The number of hydrogen-bond acceptors (Lipinski definition) is 4. The Bertz CT molecular complexity index is 1330. The number of para-hydroxylation sites is 2. The second kappa shape index (κ2) is 10.6. The van der Waals surface area contributed by atoms with Crippen LogP contribution in [0.25, 0.3) is 0 Å². The maximum Gasteiger partial charge on any atom is 0.387 e. The zero-order valence-electron chi connectivity index (χ0n) is 19.8. The summed E-state index contributed by atoms with van der Waals surface area (Å²) >= 11 is 0. The summed E-state index contributed by atoms with van der Waals surface area (Å²) in [4.78, 5) is 24.5. The van der Waals surface area contributed by atoms with Crippen molar-refractivity contribution in [3.63, 3.8) is 0 Å². The van der Waals surface area contributed by atoms with E-state index in [1.165, 1.54) is 0 Å². The molecule has 0 saturated heterocycles. The summed E-state index contributed by atoms with van der Waals surface area (Å²) in [5.41, 5.74) is -1.96. The topological polar surface area (TPSA) is 52.6 Å². The van der Waals surface area contributed by atoms with Crippen molar-refractivity contribution in [1.82, 2.24) is 0 Å². The molecule has 0 saturated carbocycles. The van der Waals surface area contributed by atoms with E-state index < -0.39 is 40.5 Å². The van der Waals surface area contributed by atoms with Gasteiger partial charge in [0, 0.05) is 11.1 Å². The van der Waals surface area contributed by atoms with Crippen molar-refractivity contribution >= 4 is 11.6 Å². The molecule has 0 aliphatic carbocycles. The molecule has 200 valence electrons. The fourth-order valence-electron chi connectivity index (χ4n) is 3.44. The second-order valence-electron chi connectivity index (χ2n) is 8.26. The molecule has 10 heteroatoms. The van der Waals surface area contributed by atoms with Crippen LogP contribution in [0.1, 0.15) is 20.7 Å². The quantitative estimate of drug-likeness (QED) is 0.149. The van der Waals surface area contributed by atoms with Gasteiger partial charge >= 0.3 is 17.8 Å². The first kappa shape index (κ1) is 27.4. The number of ketones is 2. The number of benzene rings is 4. The number of ether oxygens (including phenoxy) is 2. The summed E-state index contributed by atoms with van der Waals surface area (Å²) < 4.78 is 98.5.